The number of aromatic nitrogens is 1. The number of rotatable bonds is 10. The van der Waals surface area contributed by atoms with E-state index in [2.05, 4.69) is 44.3 Å². The fraction of sp³-hybridized carbons (Fsp3) is 0.517. The number of nitrogens with zero attached hydrogens (tertiary/aromatic N) is 4. The van der Waals surface area contributed by atoms with Crippen molar-refractivity contribution in [3.63, 3.8) is 0 Å². The van der Waals surface area contributed by atoms with Crippen molar-refractivity contribution < 1.29 is 14.0 Å². The van der Waals surface area contributed by atoms with Crippen LogP contribution in [-0.2, 0) is 29.0 Å². The van der Waals surface area contributed by atoms with Crippen LogP contribution >= 0.6 is 0 Å². The topological polar surface area (TPSA) is 67.4 Å². The second kappa shape index (κ2) is 12.1. The van der Waals surface area contributed by atoms with E-state index in [-0.39, 0.29) is 6.29 Å². The lowest BCUT2D eigenvalue weighted by Gasteiger charge is -2.32. The Morgan fingerprint density at radius 3 is 2.57 bits per heavy atom. The van der Waals surface area contributed by atoms with Gasteiger partial charge in [-0.15, -0.1) is 0 Å². The molecular formula is C29H37N5O3. The standard InChI is InChI=1S/C29H37N5O3/c1-30-18-25-27(33(3)19-22-4-7-23(31-2)8-5-22)11-9-24-26(32-37-29(24)25)10-6-21-12-14-34(15-13-21)20-28-35-16-17-36-28/h4-5,7-9,11,21,28,30H,6,10,12-20H2,1,3H3. The Morgan fingerprint density at radius 2 is 1.86 bits per heavy atom. The average Bonchev–Trinajstić information content (AvgIpc) is 3.59. The largest absolute Gasteiger partial charge is 0.370 e. The van der Waals surface area contributed by atoms with Crippen molar-refractivity contribution >= 4 is 22.3 Å². The maximum absolute atomic E-state index is 7.16. The smallest absolute Gasteiger partial charge is 0.187 e. The third-order valence-corrected chi connectivity index (χ3v) is 7.64. The van der Waals surface area contributed by atoms with Crippen LogP contribution in [0.4, 0.5) is 11.4 Å². The molecule has 0 spiro atoms. The van der Waals surface area contributed by atoms with Crippen molar-refractivity contribution in [2.45, 2.75) is 45.1 Å². The van der Waals surface area contributed by atoms with Gasteiger partial charge in [0.1, 0.15) is 0 Å². The van der Waals surface area contributed by atoms with E-state index in [1.807, 2.05) is 31.3 Å². The van der Waals surface area contributed by atoms with Crippen LogP contribution in [0.3, 0.4) is 0 Å². The number of nitrogens with one attached hydrogen (secondary N) is 1. The zero-order valence-corrected chi connectivity index (χ0v) is 21.9. The summed E-state index contributed by atoms with van der Waals surface area (Å²) in [6, 6.07) is 12.1. The molecule has 8 heteroatoms. The minimum Gasteiger partial charge on any atom is -0.370 e. The van der Waals surface area contributed by atoms with Gasteiger partial charge in [0.25, 0.3) is 0 Å². The second-order valence-electron chi connectivity index (χ2n) is 10.2. The fourth-order valence-electron chi connectivity index (χ4n) is 5.54. The van der Waals surface area contributed by atoms with Crippen molar-refractivity contribution in [2.75, 3.05) is 51.8 Å². The van der Waals surface area contributed by atoms with Gasteiger partial charge in [-0.25, -0.2) is 4.85 Å². The van der Waals surface area contributed by atoms with E-state index in [0.717, 1.165) is 85.7 Å². The molecule has 0 aliphatic carbocycles. The van der Waals surface area contributed by atoms with Gasteiger partial charge in [-0.1, -0.05) is 29.4 Å². The molecule has 3 aromatic rings. The lowest BCUT2D eigenvalue weighted by atomic mass is 9.91. The number of anilines is 1. The Balaban J connectivity index is 1.22. The number of likely N-dealkylation sites (tertiary alicyclic amines) is 1. The van der Waals surface area contributed by atoms with Gasteiger partial charge in [-0.05, 0) is 69.4 Å². The molecule has 0 amide bonds. The van der Waals surface area contributed by atoms with Crippen LogP contribution in [-0.4, -0.2) is 63.3 Å². The molecule has 0 saturated carbocycles. The number of benzene rings is 2. The fourth-order valence-corrected chi connectivity index (χ4v) is 5.54. The third-order valence-electron chi connectivity index (χ3n) is 7.64. The molecule has 37 heavy (non-hydrogen) atoms. The maximum Gasteiger partial charge on any atom is 0.187 e. The van der Waals surface area contributed by atoms with E-state index in [9.17, 15) is 0 Å². The molecule has 2 saturated heterocycles. The zero-order valence-electron chi connectivity index (χ0n) is 21.9. The Bertz CT molecular complexity index is 1200. The molecule has 2 fully saturated rings. The van der Waals surface area contributed by atoms with Crippen molar-refractivity contribution in [2.24, 2.45) is 5.92 Å². The lowest BCUT2D eigenvalue weighted by molar-refractivity contribution is -0.0661. The molecular weight excluding hydrogens is 466 g/mol. The van der Waals surface area contributed by atoms with E-state index in [1.54, 1.807) is 0 Å². The van der Waals surface area contributed by atoms with Gasteiger partial charge in [0.15, 0.2) is 17.6 Å². The molecule has 2 aromatic carbocycles. The molecule has 1 aromatic heterocycles. The summed E-state index contributed by atoms with van der Waals surface area (Å²) in [5, 5.41) is 8.94. The highest BCUT2D eigenvalue weighted by atomic mass is 16.7. The molecule has 5 rings (SSSR count). The van der Waals surface area contributed by atoms with Crippen LogP contribution in [0, 0.1) is 12.5 Å². The average molecular weight is 504 g/mol. The summed E-state index contributed by atoms with van der Waals surface area (Å²) in [7, 11) is 4.05. The van der Waals surface area contributed by atoms with Crippen LogP contribution in [0.1, 0.15) is 36.1 Å². The SMILES string of the molecule is [C-]#[N+]c1ccc(CN(C)c2ccc3c(CCC4CCN(CC5OCCO5)CC4)noc3c2CNC)cc1. The molecule has 8 nitrogen and oxygen atoms in total. The first kappa shape index (κ1) is 25.7. The quantitative estimate of drug-likeness (QED) is 0.401. The molecule has 0 atom stereocenters. The summed E-state index contributed by atoms with van der Waals surface area (Å²) in [6.07, 6.45) is 4.45. The highest BCUT2D eigenvalue weighted by molar-refractivity contribution is 5.87. The van der Waals surface area contributed by atoms with E-state index < -0.39 is 0 Å². The summed E-state index contributed by atoms with van der Waals surface area (Å²) < 4.78 is 17.2. The lowest BCUT2D eigenvalue weighted by Crippen LogP contribution is -2.39. The van der Waals surface area contributed by atoms with Crippen molar-refractivity contribution in [3.05, 3.63) is 64.6 Å². The Morgan fingerprint density at radius 1 is 1.11 bits per heavy atom. The van der Waals surface area contributed by atoms with Crippen LogP contribution in [0.2, 0.25) is 0 Å². The van der Waals surface area contributed by atoms with E-state index in [0.29, 0.717) is 18.2 Å². The normalized spacial score (nSPS) is 17.4. The van der Waals surface area contributed by atoms with E-state index in [1.165, 1.54) is 12.8 Å². The summed E-state index contributed by atoms with van der Waals surface area (Å²) in [4.78, 5) is 8.19. The minimum absolute atomic E-state index is 0.0426. The number of fused-ring (bicyclic) bond motifs is 1. The van der Waals surface area contributed by atoms with Crippen LogP contribution in [0.15, 0.2) is 40.9 Å². The number of hydrogen-bond acceptors (Lipinski definition) is 7. The molecule has 0 radical (unpaired) electrons. The number of piperidine rings is 1. The Kier molecular flexibility index (Phi) is 8.37. The van der Waals surface area contributed by atoms with Crippen molar-refractivity contribution in [1.82, 2.24) is 15.4 Å². The summed E-state index contributed by atoms with van der Waals surface area (Å²) in [5.41, 5.74) is 6.02. The molecule has 2 aliphatic heterocycles. The number of hydrogen-bond donors (Lipinski definition) is 1. The first-order valence-corrected chi connectivity index (χ1v) is 13.3. The van der Waals surface area contributed by atoms with Gasteiger partial charge in [0.05, 0.1) is 25.5 Å². The maximum atomic E-state index is 7.16. The molecule has 0 unspecified atom stereocenters. The van der Waals surface area contributed by atoms with Gasteiger partial charge in [0.2, 0.25) is 0 Å². The molecule has 1 N–H and O–H groups in total. The first-order valence-electron chi connectivity index (χ1n) is 13.3. The molecule has 3 heterocycles. The number of ether oxygens (including phenoxy) is 2. The van der Waals surface area contributed by atoms with Gasteiger partial charge in [0, 0.05) is 43.3 Å². The second-order valence-corrected chi connectivity index (χ2v) is 10.2. The monoisotopic (exact) mass is 503 g/mol. The van der Waals surface area contributed by atoms with Crippen molar-refractivity contribution in [1.29, 1.82) is 0 Å². The summed E-state index contributed by atoms with van der Waals surface area (Å²) in [5.74, 6) is 0.713. The van der Waals surface area contributed by atoms with Crippen LogP contribution < -0.4 is 10.2 Å². The first-order chi connectivity index (χ1) is 18.1. The van der Waals surface area contributed by atoms with Crippen molar-refractivity contribution in [3.8, 4) is 0 Å². The highest BCUT2D eigenvalue weighted by Gasteiger charge is 2.25. The Labute approximate surface area is 219 Å². The highest BCUT2D eigenvalue weighted by Crippen LogP contribution is 2.33. The van der Waals surface area contributed by atoms with E-state index >= 15 is 0 Å². The van der Waals surface area contributed by atoms with Gasteiger partial charge < -0.3 is 24.2 Å². The summed E-state index contributed by atoms with van der Waals surface area (Å²) >= 11 is 0. The summed E-state index contributed by atoms with van der Waals surface area (Å²) in [6.45, 7) is 13.2. The van der Waals surface area contributed by atoms with Gasteiger partial charge >= 0.3 is 0 Å². The minimum atomic E-state index is -0.0426. The third kappa shape index (κ3) is 6.13. The predicted molar refractivity (Wildman–Crippen MR) is 145 cm³/mol. The molecule has 2 aliphatic rings. The van der Waals surface area contributed by atoms with Gasteiger partial charge in [-0.2, -0.15) is 0 Å². The van der Waals surface area contributed by atoms with Gasteiger partial charge in [-0.3, -0.25) is 4.90 Å². The number of aryl methyl sites for hydroxylation is 1. The van der Waals surface area contributed by atoms with Crippen LogP contribution in [0.5, 0.6) is 0 Å². The predicted octanol–water partition coefficient (Wildman–Crippen LogP) is 4.75. The molecule has 0 bridgehead atoms. The zero-order chi connectivity index (χ0) is 25.6. The molecule has 196 valence electrons. The van der Waals surface area contributed by atoms with Crippen LogP contribution in [0.25, 0.3) is 15.8 Å². The van der Waals surface area contributed by atoms with E-state index in [4.69, 9.17) is 20.6 Å². The Hall–Kier alpha value is -2.96.